The second-order valence-corrected chi connectivity index (χ2v) is 13.3. The van der Waals surface area contributed by atoms with Crippen LogP contribution in [0.25, 0.3) is 11.1 Å². The minimum Gasteiger partial charge on any atom is -0.425 e. The summed E-state index contributed by atoms with van der Waals surface area (Å²) in [6, 6.07) is 9.28. The van der Waals surface area contributed by atoms with Crippen molar-refractivity contribution in [2.45, 2.75) is 89.1 Å². The van der Waals surface area contributed by atoms with Crippen molar-refractivity contribution in [1.82, 2.24) is 26.6 Å². The van der Waals surface area contributed by atoms with Crippen LogP contribution in [0.1, 0.15) is 69.2 Å². The van der Waals surface area contributed by atoms with Crippen molar-refractivity contribution in [3.05, 3.63) is 59.1 Å². The smallest absolute Gasteiger partial charge is 0.425 e. The summed E-state index contributed by atoms with van der Waals surface area (Å²) in [6.45, 7) is 4.32. The van der Waals surface area contributed by atoms with E-state index in [4.69, 9.17) is 34.5 Å². The average Bonchev–Trinajstić information content (AvgIpc) is 3.10. The van der Waals surface area contributed by atoms with Gasteiger partial charge in [-0.2, -0.15) is 0 Å². The molecule has 0 heterocycles. The molecule has 0 bridgehead atoms. The molecule has 15 N–H and O–H groups in total. The zero-order valence-electron chi connectivity index (χ0n) is 29.6. The van der Waals surface area contributed by atoms with Crippen molar-refractivity contribution in [2.75, 3.05) is 13.1 Å². The van der Waals surface area contributed by atoms with Crippen molar-refractivity contribution < 1.29 is 34.0 Å². The number of halogens is 1. The molecule has 0 aliphatic carbocycles. The van der Waals surface area contributed by atoms with Gasteiger partial charge >= 0.3 is 7.12 Å². The van der Waals surface area contributed by atoms with E-state index in [2.05, 4.69) is 26.6 Å². The third-order valence-corrected chi connectivity index (χ3v) is 8.28. The summed E-state index contributed by atoms with van der Waals surface area (Å²) in [7, 11) is -2.03. The summed E-state index contributed by atoms with van der Waals surface area (Å²) >= 11 is 5.99. The van der Waals surface area contributed by atoms with Crippen LogP contribution in [0.5, 0.6) is 0 Å². The minimum absolute atomic E-state index is 0.0775. The fraction of sp³-hybridized carbons (Fsp3) is 0.500. The molecular weight excluding hydrogens is 693 g/mol. The van der Waals surface area contributed by atoms with E-state index in [1.165, 1.54) is 0 Å². The zero-order valence-corrected chi connectivity index (χ0v) is 30.4. The summed E-state index contributed by atoms with van der Waals surface area (Å²) in [6.07, 6.45) is 1.03. The Kier molecular flexibility index (Phi) is 19.3. The maximum Gasteiger partial charge on any atom is 0.490 e. The first-order chi connectivity index (χ1) is 24.7. The molecule has 2 aromatic rings. The van der Waals surface area contributed by atoms with Crippen LogP contribution in [-0.4, -0.2) is 90.1 Å². The Balaban J connectivity index is 2.17. The number of amides is 5. The molecule has 0 saturated carbocycles. The lowest BCUT2D eigenvalue weighted by atomic mass is 9.86. The Hall–Kier alpha value is -4.10. The number of hydrogen-bond donors (Lipinski definition) is 11. The molecule has 5 atom stereocenters. The van der Waals surface area contributed by atoms with E-state index in [-0.39, 0.29) is 25.2 Å². The van der Waals surface area contributed by atoms with Crippen molar-refractivity contribution in [2.24, 2.45) is 28.9 Å². The molecular formula is C34H53BClN9O7. The lowest BCUT2D eigenvalue weighted by molar-refractivity contribution is -0.134. The largest absolute Gasteiger partial charge is 0.490 e. The molecule has 286 valence electrons. The molecule has 52 heavy (non-hydrogen) atoms. The molecule has 0 spiro atoms. The van der Waals surface area contributed by atoms with Crippen molar-refractivity contribution >= 4 is 48.3 Å². The lowest BCUT2D eigenvalue weighted by Crippen LogP contribution is -2.62. The van der Waals surface area contributed by atoms with E-state index in [0.717, 1.165) is 11.1 Å². The summed E-state index contributed by atoms with van der Waals surface area (Å²) in [4.78, 5) is 66.0. The molecule has 18 heteroatoms. The van der Waals surface area contributed by atoms with Crippen molar-refractivity contribution in [3.63, 3.8) is 0 Å². The van der Waals surface area contributed by atoms with Gasteiger partial charge in [-0.1, -0.05) is 49.7 Å². The predicted molar refractivity (Wildman–Crippen MR) is 200 cm³/mol. The highest BCUT2D eigenvalue weighted by atomic mass is 35.5. The summed E-state index contributed by atoms with van der Waals surface area (Å²) in [5, 5.41) is 31.6. The van der Waals surface area contributed by atoms with Crippen LogP contribution in [-0.2, 0) is 19.2 Å². The molecule has 0 aliphatic rings. The normalized spacial score (nSPS) is 14.0. The zero-order chi connectivity index (χ0) is 38.8. The number of carbonyl (C=O) groups excluding carboxylic acids is 5. The molecule has 0 fully saturated rings. The SMILES string of the molecule is CC(C)C[C@H](NC(=O)[C@H](N)NC(=O)C(CCCCN)NC(=O)[C@H](CCCCN)NC(=O)c1ccc(-c2ccc(Cl)cc2)cc1)C(=O)N[C@@H](N)B(O)O. The van der Waals surface area contributed by atoms with Gasteiger partial charge in [-0.3, -0.25) is 24.0 Å². The van der Waals surface area contributed by atoms with Crippen LogP contribution in [0.15, 0.2) is 48.5 Å². The first-order valence-corrected chi connectivity index (χ1v) is 17.7. The third-order valence-electron chi connectivity index (χ3n) is 8.02. The Morgan fingerprint density at radius 2 is 1.12 bits per heavy atom. The van der Waals surface area contributed by atoms with Gasteiger partial charge in [-0.05, 0) is 99.3 Å². The summed E-state index contributed by atoms with van der Waals surface area (Å²) in [5.74, 6) is -3.65. The lowest BCUT2D eigenvalue weighted by Gasteiger charge is -2.26. The Morgan fingerprint density at radius 3 is 1.62 bits per heavy atom. The molecule has 0 radical (unpaired) electrons. The average molecular weight is 746 g/mol. The quantitative estimate of drug-likeness (QED) is 0.0403. The Bertz CT molecular complexity index is 1450. The number of benzene rings is 2. The second kappa shape index (κ2) is 22.8. The van der Waals surface area contributed by atoms with Crippen LogP contribution < -0.4 is 49.5 Å². The first kappa shape index (κ1) is 44.1. The van der Waals surface area contributed by atoms with Crippen molar-refractivity contribution in [3.8, 4) is 11.1 Å². The molecule has 1 unspecified atom stereocenters. The molecule has 0 aromatic heterocycles. The van der Waals surface area contributed by atoms with E-state index in [1.807, 2.05) is 12.1 Å². The van der Waals surface area contributed by atoms with E-state index in [1.54, 1.807) is 50.2 Å². The van der Waals surface area contributed by atoms with Gasteiger partial charge < -0.3 is 59.6 Å². The maximum absolute atomic E-state index is 13.6. The predicted octanol–water partition coefficient (Wildman–Crippen LogP) is -0.807. The monoisotopic (exact) mass is 745 g/mol. The molecule has 0 aliphatic heterocycles. The minimum atomic E-state index is -2.03. The van der Waals surface area contributed by atoms with Crippen LogP contribution in [0.3, 0.4) is 0 Å². The van der Waals surface area contributed by atoms with E-state index >= 15 is 0 Å². The van der Waals surface area contributed by atoms with E-state index in [0.29, 0.717) is 49.4 Å². The van der Waals surface area contributed by atoms with Gasteiger partial charge in [0.15, 0.2) is 6.17 Å². The van der Waals surface area contributed by atoms with Crippen LogP contribution >= 0.6 is 11.6 Å². The molecule has 5 amide bonds. The highest BCUT2D eigenvalue weighted by molar-refractivity contribution is 6.43. The van der Waals surface area contributed by atoms with Gasteiger partial charge in [-0.15, -0.1) is 0 Å². The van der Waals surface area contributed by atoms with Gasteiger partial charge in [0, 0.05) is 10.6 Å². The van der Waals surface area contributed by atoms with Gasteiger partial charge in [0.1, 0.15) is 24.2 Å². The van der Waals surface area contributed by atoms with E-state index in [9.17, 15) is 34.0 Å². The summed E-state index contributed by atoms with van der Waals surface area (Å²) in [5.41, 5.74) is 24.9. The fourth-order valence-corrected chi connectivity index (χ4v) is 5.24. The van der Waals surface area contributed by atoms with Crippen LogP contribution in [0.2, 0.25) is 5.02 Å². The maximum atomic E-state index is 13.6. The first-order valence-electron chi connectivity index (χ1n) is 17.3. The van der Waals surface area contributed by atoms with Crippen LogP contribution in [0, 0.1) is 5.92 Å². The number of unbranched alkanes of at least 4 members (excludes halogenated alkanes) is 2. The topological polar surface area (TPSA) is 290 Å². The van der Waals surface area contributed by atoms with Gasteiger partial charge in [0.2, 0.25) is 17.7 Å². The number of rotatable bonds is 22. The second-order valence-electron chi connectivity index (χ2n) is 12.9. The number of nitrogens with two attached hydrogens (primary N) is 4. The van der Waals surface area contributed by atoms with Crippen molar-refractivity contribution in [1.29, 1.82) is 0 Å². The van der Waals surface area contributed by atoms with E-state index < -0.39 is 67.0 Å². The highest BCUT2D eigenvalue weighted by Crippen LogP contribution is 2.22. The highest BCUT2D eigenvalue weighted by Gasteiger charge is 2.31. The number of carbonyl (C=O) groups is 5. The Morgan fingerprint density at radius 1 is 0.654 bits per heavy atom. The Labute approximate surface area is 309 Å². The summed E-state index contributed by atoms with van der Waals surface area (Å²) < 4.78 is 0. The molecule has 2 aromatic carbocycles. The van der Waals surface area contributed by atoms with Gasteiger partial charge in [0.25, 0.3) is 11.8 Å². The molecule has 2 rings (SSSR count). The van der Waals surface area contributed by atoms with Gasteiger partial charge in [0.05, 0.1) is 0 Å². The third kappa shape index (κ3) is 15.3. The molecule has 0 saturated heterocycles. The number of hydrogen-bond acceptors (Lipinski definition) is 11. The standard InChI is InChI=1S/C34H53BClN9O7/c1-20(2)19-27(32(49)45-34(40)35(51)52)43-33(50)28(39)44-31(48)26(8-4-6-18-38)42-30(47)25(7-3-5-17-37)41-29(46)23-11-9-21(10-12-23)22-13-15-24(36)16-14-22/h9-16,20,25-28,34,51-52H,3-8,17-19,37-40H2,1-2H3,(H,41,46)(H,42,47)(H,43,50)(H,44,48)(H,45,49)/t25-,26?,27-,28+,34+/m0/s1. The van der Waals surface area contributed by atoms with Crippen LogP contribution in [0.4, 0.5) is 0 Å². The number of nitrogens with one attached hydrogen (secondary N) is 5. The van der Waals surface area contributed by atoms with Gasteiger partial charge in [-0.25, -0.2) is 0 Å². The fourth-order valence-electron chi connectivity index (χ4n) is 5.12. The molecule has 16 nitrogen and oxygen atoms in total.